The van der Waals surface area contributed by atoms with Crippen LogP contribution >= 0.6 is 11.6 Å². The second-order valence-corrected chi connectivity index (χ2v) is 6.41. The average Bonchev–Trinajstić information content (AvgIpc) is 2.41. The number of halogens is 1. The Morgan fingerprint density at radius 1 is 1.43 bits per heavy atom. The fraction of sp³-hybridized carbons (Fsp3) is 0.500. The van der Waals surface area contributed by atoms with Gasteiger partial charge >= 0.3 is 5.97 Å². The van der Waals surface area contributed by atoms with Crippen LogP contribution in [0.5, 0.6) is 0 Å². The van der Waals surface area contributed by atoms with Crippen LogP contribution in [0, 0.1) is 12.8 Å². The third-order valence-electron chi connectivity index (χ3n) is 4.18. The van der Waals surface area contributed by atoms with E-state index >= 15 is 0 Å². The molecule has 1 aliphatic rings. The summed E-state index contributed by atoms with van der Waals surface area (Å²) in [5.41, 5.74) is 0.0870. The van der Waals surface area contributed by atoms with Crippen molar-refractivity contribution in [1.82, 2.24) is 5.32 Å². The fourth-order valence-electron chi connectivity index (χ4n) is 2.99. The standard InChI is InChI=1S/C16H20ClNO3/c1-10-4-3-7-16(9-10,15(20)21)18-14(19)12-5-6-13(17)11(2)8-12/h5-6,8,10H,3-4,7,9H2,1-2H3,(H,18,19)(H,20,21). The number of carbonyl (C=O) groups is 2. The van der Waals surface area contributed by atoms with E-state index in [1.54, 1.807) is 18.2 Å². The topological polar surface area (TPSA) is 66.4 Å². The fourth-order valence-corrected chi connectivity index (χ4v) is 3.11. The molecule has 0 spiro atoms. The van der Waals surface area contributed by atoms with Gasteiger partial charge in [-0.05, 0) is 49.4 Å². The van der Waals surface area contributed by atoms with E-state index in [9.17, 15) is 14.7 Å². The Bertz CT molecular complexity index is 573. The monoisotopic (exact) mass is 309 g/mol. The molecule has 1 fully saturated rings. The SMILES string of the molecule is Cc1cc(C(=O)NC2(C(=O)O)CCCC(C)C2)ccc1Cl. The number of carbonyl (C=O) groups excluding carboxylic acids is 1. The van der Waals surface area contributed by atoms with Crippen LogP contribution in [0.3, 0.4) is 0 Å². The second-order valence-electron chi connectivity index (χ2n) is 6.01. The summed E-state index contributed by atoms with van der Waals surface area (Å²) in [6, 6.07) is 4.95. The number of aryl methyl sites for hydroxylation is 1. The van der Waals surface area contributed by atoms with Crippen LogP contribution in [0.2, 0.25) is 5.02 Å². The van der Waals surface area contributed by atoms with Crippen LogP contribution in [0.1, 0.15) is 48.5 Å². The highest BCUT2D eigenvalue weighted by molar-refractivity contribution is 6.31. The zero-order valence-electron chi connectivity index (χ0n) is 12.3. The number of aliphatic carboxylic acids is 1. The Kier molecular flexibility index (Phi) is 4.57. The summed E-state index contributed by atoms with van der Waals surface area (Å²) in [6.45, 7) is 3.84. The third-order valence-corrected chi connectivity index (χ3v) is 4.60. The van der Waals surface area contributed by atoms with E-state index in [-0.39, 0.29) is 5.91 Å². The van der Waals surface area contributed by atoms with Gasteiger partial charge in [0.15, 0.2) is 0 Å². The predicted molar refractivity (Wildman–Crippen MR) is 81.7 cm³/mol. The molecule has 1 saturated carbocycles. The van der Waals surface area contributed by atoms with Crippen molar-refractivity contribution in [2.45, 2.75) is 45.1 Å². The molecular weight excluding hydrogens is 290 g/mol. The molecule has 0 aromatic heterocycles. The van der Waals surface area contributed by atoms with Gasteiger partial charge in [-0.25, -0.2) is 4.79 Å². The predicted octanol–water partition coefficient (Wildman–Crippen LogP) is 3.41. The molecule has 0 aliphatic heterocycles. The van der Waals surface area contributed by atoms with Gasteiger partial charge in [0.25, 0.3) is 5.91 Å². The summed E-state index contributed by atoms with van der Waals surface area (Å²) in [5.74, 6) is -1.01. The zero-order chi connectivity index (χ0) is 15.6. The first-order chi connectivity index (χ1) is 9.84. The number of benzene rings is 1. The van der Waals surface area contributed by atoms with Crippen LogP contribution in [-0.4, -0.2) is 22.5 Å². The van der Waals surface area contributed by atoms with E-state index in [1.165, 1.54) is 0 Å². The first-order valence-electron chi connectivity index (χ1n) is 7.16. The molecule has 21 heavy (non-hydrogen) atoms. The lowest BCUT2D eigenvalue weighted by Gasteiger charge is -2.37. The Balaban J connectivity index is 2.22. The van der Waals surface area contributed by atoms with Crippen LogP contribution in [-0.2, 0) is 4.79 Å². The number of rotatable bonds is 3. The number of amides is 1. The summed E-state index contributed by atoms with van der Waals surface area (Å²) in [5, 5.41) is 12.9. The first-order valence-corrected chi connectivity index (χ1v) is 7.54. The van der Waals surface area contributed by atoms with Gasteiger partial charge < -0.3 is 10.4 Å². The summed E-state index contributed by atoms with van der Waals surface area (Å²) < 4.78 is 0. The van der Waals surface area contributed by atoms with Gasteiger partial charge in [0.1, 0.15) is 5.54 Å². The minimum Gasteiger partial charge on any atom is -0.480 e. The normalized spacial score (nSPS) is 25.4. The Morgan fingerprint density at radius 2 is 2.14 bits per heavy atom. The highest BCUT2D eigenvalue weighted by atomic mass is 35.5. The molecule has 2 rings (SSSR count). The highest BCUT2D eigenvalue weighted by Crippen LogP contribution is 2.33. The molecular formula is C16H20ClNO3. The minimum atomic E-state index is -1.15. The average molecular weight is 310 g/mol. The van der Waals surface area contributed by atoms with E-state index in [4.69, 9.17) is 11.6 Å². The number of nitrogens with one attached hydrogen (secondary N) is 1. The Labute approximate surface area is 129 Å². The van der Waals surface area contributed by atoms with E-state index in [0.717, 1.165) is 18.4 Å². The largest absolute Gasteiger partial charge is 0.480 e. The van der Waals surface area contributed by atoms with Crippen molar-refractivity contribution < 1.29 is 14.7 Å². The van der Waals surface area contributed by atoms with Crippen molar-refractivity contribution in [3.63, 3.8) is 0 Å². The van der Waals surface area contributed by atoms with Gasteiger partial charge in [-0.3, -0.25) is 4.79 Å². The molecule has 1 aliphatic carbocycles. The Hall–Kier alpha value is -1.55. The third kappa shape index (κ3) is 3.38. The Morgan fingerprint density at radius 3 is 2.71 bits per heavy atom. The number of hydrogen-bond donors (Lipinski definition) is 2. The maximum Gasteiger partial charge on any atom is 0.329 e. The van der Waals surface area contributed by atoms with E-state index in [0.29, 0.717) is 29.3 Å². The lowest BCUT2D eigenvalue weighted by molar-refractivity contribution is -0.146. The van der Waals surface area contributed by atoms with Gasteiger partial charge in [-0.1, -0.05) is 31.4 Å². The summed E-state index contributed by atoms with van der Waals surface area (Å²) in [4.78, 5) is 24.0. The molecule has 0 bridgehead atoms. The molecule has 2 N–H and O–H groups in total. The van der Waals surface area contributed by atoms with Crippen LogP contribution in [0.15, 0.2) is 18.2 Å². The molecule has 2 unspecified atom stereocenters. The molecule has 1 aromatic rings. The smallest absolute Gasteiger partial charge is 0.329 e. The lowest BCUT2D eigenvalue weighted by Crippen LogP contribution is -2.56. The van der Waals surface area contributed by atoms with E-state index < -0.39 is 11.5 Å². The molecule has 5 heteroatoms. The maximum atomic E-state index is 12.4. The van der Waals surface area contributed by atoms with E-state index in [1.807, 2.05) is 13.8 Å². The molecule has 1 aromatic carbocycles. The van der Waals surface area contributed by atoms with Crippen LogP contribution in [0.4, 0.5) is 0 Å². The van der Waals surface area contributed by atoms with Crippen molar-refractivity contribution in [2.24, 2.45) is 5.92 Å². The van der Waals surface area contributed by atoms with Crippen molar-refractivity contribution in [2.75, 3.05) is 0 Å². The number of carboxylic acid groups (broad SMARTS) is 1. The molecule has 114 valence electrons. The van der Waals surface area contributed by atoms with Crippen LogP contribution in [0.25, 0.3) is 0 Å². The van der Waals surface area contributed by atoms with Crippen molar-refractivity contribution in [1.29, 1.82) is 0 Å². The summed E-state index contributed by atoms with van der Waals surface area (Å²) in [6.07, 6.45) is 2.77. The molecule has 0 radical (unpaired) electrons. The molecule has 1 amide bonds. The molecule has 0 saturated heterocycles. The van der Waals surface area contributed by atoms with Crippen molar-refractivity contribution in [3.05, 3.63) is 34.3 Å². The van der Waals surface area contributed by atoms with E-state index in [2.05, 4.69) is 5.32 Å². The quantitative estimate of drug-likeness (QED) is 0.899. The number of carboxylic acids is 1. The summed E-state index contributed by atoms with van der Waals surface area (Å²) >= 11 is 5.95. The van der Waals surface area contributed by atoms with Gasteiger partial charge in [0, 0.05) is 10.6 Å². The second kappa shape index (κ2) is 6.06. The van der Waals surface area contributed by atoms with Gasteiger partial charge in [-0.15, -0.1) is 0 Å². The zero-order valence-corrected chi connectivity index (χ0v) is 13.0. The van der Waals surface area contributed by atoms with Gasteiger partial charge in [0.2, 0.25) is 0 Å². The first kappa shape index (κ1) is 15.8. The maximum absolute atomic E-state index is 12.4. The molecule has 0 heterocycles. The number of hydrogen-bond acceptors (Lipinski definition) is 2. The molecule has 2 atom stereocenters. The minimum absolute atomic E-state index is 0.294. The van der Waals surface area contributed by atoms with Gasteiger partial charge in [-0.2, -0.15) is 0 Å². The molecule has 4 nitrogen and oxygen atoms in total. The highest BCUT2D eigenvalue weighted by Gasteiger charge is 2.43. The summed E-state index contributed by atoms with van der Waals surface area (Å²) in [7, 11) is 0. The van der Waals surface area contributed by atoms with Crippen molar-refractivity contribution in [3.8, 4) is 0 Å². The lowest BCUT2D eigenvalue weighted by atomic mass is 9.76. The van der Waals surface area contributed by atoms with Crippen molar-refractivity contribution >= 4 is 23.5 Å². The van der Waals surface area contributed by atoms with Crippen LogP contribution < -0.4 is 5.32 Å². The van der Waals surface area contributed by atoms with Gasteiger partial charge in [0.05, 0.1) is 0 Å².